The van der Waals surface area contributed by atoms with Gasteiger partial charge in [0.2, 0.25) is 0 Å². The first-order chi connectivity index (χ1) is 14.3. The highest BCUT2D eigenvalue weighted by molar-refractivity contribution is 5.27. The third-order valence-corrected chi connectivity index (χ3v) is 7.95. The highest BCUT2D eigenvalue weighted by Crippen LogP contribution is 2.43. The molecule has 2 saturated carbocycles. The Balaban J connectivity index is 1.31. The van der Waals surface area contributed by atoms with Crippen LogP contribution in [-0.2, 0) is 6.42 Å². The maximum Gasteiger partial charge on any atom is 0.119 e. The quantitative estimate of drug-likeness (QED) is 0.339. The molecule has 0 unspecified atom stereocenters. The molecule has 0 heterocycles. The van der Waals surface area contributed by atoms with Crippen LogP contribution in [0.1, 0.15) is 109 Å². The first-order valence-corrected chi connectivity index (χ1v) is 13.0. The van der Waals surface area contributed by atoms with Crippen molar-refractivity contribution in [2.45, 2.75) is 110 Å². The van der Waals surface area contributed by atoms with Gasteiger partial charge >= 0.3 is 0 Å². The van der Waals surface area contributed by atoms with Crippen molar-refractivity contribution in [1.29, 1.82) is 0 Å². The fourth-order valence-electron chi connectivity index (χ4n) is 5.85. The second-order valence-electron chi connectivity index (χ2n) is 10.1. The van der Waals surface area contributed by atoms with Gasteiger partial charge in [-0.05, 0) is 86.3 Å². The van der Waals surface area contributed by atoms with Gasteiger partial charge in [-0.2, -0.15) is 0 Å². The van der Waals surface area contributed by atoms with Gasteiger partial charge in [-0.15, -0.1) is 0 Å². The summed E-state index contributed by atoms with van der Waals surface area (Å²) in [7, 11) is 0. The summed E-state index contributed by atoms with van der Waals surface area (Å²) in [4.78, 5) is 0. The zero-order valence-corrected chi connectivity index (χ0v) is 19.3. The lowest BCUT2D eigenvalue weighted by Gasteiger charge is -2.38. The Morgan fingerprint density at radius 2 is 1.24 bits per heavy atom. The SMILES string of the molecule is CCCCOc1ccc(CC[C@H]2CC[C@H]([C@H]3CC[C@H](CCCC)CC3)CC2)cc1. The predicted octanol–water partition coefficient (Wildman–Crippen LogP) is 8.60. The summed E-state index contributed by atoms with van der Waals surface area (Å²) in [5, 5.41) is 0. The third-order valence-electron chi connectivity index (χ3n) is 7.95. The van der Waals surface area contributed by atoms with Crippen molar-refractivity contribution in [3.63, 3.8) is 0 Å². The summed E-state index contributed by atoms with van der Waals surface area (Å²) in [6.07, 6.45) is 21.4. The van der Waals surface area contributed by atoms with E-state index < -0.39 is 0 Å². The minimum absolute atomic E-state index is 0.847. The highest BCUT2D eigenvalue weighted by atomic mass is 16.5. The number of unbranched alkanes of at least 4 members (excludes halogenated alkanes) is 2. The van der Waals surface area contributed by atoms with Crippen molar-refractivity contribution in [2.75, 3.05) is 6.61 Å². The van der Waals surface area contributed by atoms with Crippen LogP contribution in [0.2, 0.25) is 0 Å². The fourth-order valence-corrected chi connectivity index (χ4v) is 5.85. The van der Waals surface area contributed by atoms with Crippen LogP contribution in [0.4, 0.5) is 0 Å². The molecular weight excluding hydrogens is 352 g/mol. The van der Waals surface area contributed by atoms with E-state index in [0.717, 1.165) is 42.4 Å². The minimum atomic E-state index is 0.847. The monoisotopic (exact) mass is 398 g/mol. The van der Waals surface area contributed by atoms with E-state index in [1.54, 1.807) is 0 Å². The lowest BCUT2D eigenvalue weighted by Crippen LogP contribution is -2.26. The first-order valence-electron chi connectivity index (χ1n) is 13.0. The van der Waals surface area contributed by atoms with E-state index >= 15 is 0 Å². The Morgan fingerprint density at radius 3 is 1.79 bits per heavy atom. The molecule has 29 heavy (non-hydrogen) atoms. The molecule has 0 amide bonds. The Hall–Kier alpha value is -0.980. The molecule has 164 valence electrons. The van der Waals surface area contributed by atoms with Crippen LogP contribution in [0.5, 0.6) is 5.75 Å². The van der Waals surface area contributed by atoms with Gasteiger partial charge in [0.05, 0.1) is 6.61 Å². The smallest absolute Gasteiger partial charge is 0.119 e. The van der Waals surface area contributed by atoms with Crippen molar-refractivity contribution >= 4 is 0 Å². The molecule has 0 radical (unpaired) electrons. The Bertz CT molecular complexity index is 532. The lowest BCUT2D eigenvalue weighted by molar-refractivity contribution is 0.140. The molecule has 0 aliphatic heterocycles. The largest absolute Gasteiger partial charge is 0.494 e. The summed E-state index contributed by atoms with van der Waals surface area (Å²) in [6, 6.07) is 8.89. The first kappa shape index (κ1) is 22.7. The maximum absolute atomic E-state index is 5.79. The molecular formula is C28H46O. The topological polar surface area (TPSA) is 9.23 Å². The van der Waals surface area contributed by atoms with Crippen LogP contribution >= 0.6 is 0 Å². The zero-order chi connectivity index (χ0) is 20.3. The summed E-state index contributed by atoms with van der Waals surface area (Å²) in [5.74, 6) is 5.18. The van der Waals surface area contributed by atoms with Crippen LogP contribution in [0.3, 0.4) is 0 Å². The van der Waals surface area contributed by atoms with Crippen LogP contribution in [-0.4, -0.2) is 6.61 Å². The molecule has 1 nitrogen and oxygen atoms in total. The van der Waals surface area contributed by atoms with Crippen LogP contribution in [0.25, 0.3) is 0 Å². The van der Waals surface area contributed by atoms with Crippen molar-refractivity contribution < 1.29 is 4.74 Å². The van der Waals surface area contributed by atoms with Crippen LogP contribution in [0, 0.1) is 23.7 Å². The average Bonchev–Trinajstić information content (AvgIpc) is 2.78. The summed E-state index contributed by atoms with van der Waals surface area (Å²) < 4.78 is 5.79. The van der Waals surface area contributed by atoms with E-state index in [4.69, 9.17) is 4.74 Å². The normalized spacial score (nSPS) is 27.7. The summed E-state index contributed by atoms with van der Waals surface area (Å²) in [5.41, 5.74) is 1.49. The molecule has 0 bridgehead atoms. The maximum atomic E-state index is 5.79. The second-order valence-corrected chi connectivity index (χ2v) is 10.1. The van der Waals surface area contributed by atoms with Gasteiger partial charge < -0.3 is 4.74 Å². The van der Waals surface area contributed by atoms with Gasteiger partial charge in [-0.1, -0.05) is 77.3 Å². The summed E-state index contributed by atoms with van der Waals surface area (Å²) in [6.45, 7) is 5.39. The van der Waals surface area contributed by atoms with E-state index in [2.05, 4.69) is 38.1 Å². The third kappa shape index (κ3) is 7.65. The summed E-state index contributed by atoms with van der Waals surface area (Å²) >= 11 is 0. The van der Waals surface area contributed by atoms with Crippen molar-refractivity contribution in [3.8, 4) is 5.75 Å². The van der Waals surface area contributed by atoms with E-state index in [1.165, 1.54) is 95.5 Å². The van der Waals surface area contributed by atoms with E-state index in [1.807, 2.05) is 0 Å². The standard InChI is InChI=1S/C28H46O/c1-3-5-7-23-10-16-26(17-11-23)27-18-12-24(13-19-27)8-9-25-14-20-28(21-15-25)29-22-6-4-2/h14-15,20-21,23-24,26-27H,3-13,16-19,22H2,1-2H3/t23-,24-,26-,27-. The Kier molecular flexibility index (Phi) is 9.91. The number of hydrogen-bond donors (Lipinski definition) is 0. The van der Waals surface area contributed by atoms with E-state index in [0.29, 0.717) is 0 Å². The molecule has 1 aromatic rings. The number of hydrogen-bond acceptors (Lipinski definition) is 1. The molecule has 0 atom stereocenters. The number of aryl methyl sites for hydroxylation is 1. The molecule has 0 N–H and O–H groups in total. The number of rotatable bonds is 11. The van der Waals surface area contributed by atoms with E-state index in [-0.39, 0.29) is 0 Å². The van der Waals surface area contributed by atoms with Gasteiger partial charge in [0.15, 0.2) is 0 Å². The molecule has 0 spiro atoms. The second kappa shape index (κ2) is 12.7. The molecule has 3 rings (SSSR count). The van der Waals surface area contributed by atoms with Crippen LogP contribution < -0.4 is 4.74 Å². The zero-order valence-electron chi connectivity index (χ0n) is 19.3. The number of benzene rings is 1. The van der Waals surface area contributed by atoms with Crippen molar-refractivity contribution in [1.82, 2.24) is 0 Å². The fraction of sp³-hybridized carbons (Fsp3) is 0.786. The Morgan fingerprint density at radius 1 is 0.690 bits per heavy atom. The molecule has 0 aromatic heterocycles. The number of ether oxygens (including phenoxy) is 1. The van der Waals surface area contributed by atoms with Gasteiger partial charge in [0, 0.05) is 0 Å². The average molecular weight is 399 g/mol. The van der Waals surface area contributed by atoms with Gasteiger partial charge in [-0.3, -0.25) is 0 Å². The minimum Gasteiger partial charge on any atom is -0.494 e. The highest BCUT2D eigenvalue weighted by Gasteiger charge is 2.30. The lowest BCUT2D eigenvalue weighted by atomic mass is 9.68. The molecule has 2 fully saturated rings. The van der Waals surface area contributed by atoms with E-state index in [9.17, 15) is 0 Å². The molecule has 2 aliphatic rings. The Labute approximate surface area is 181 Å². The molecule has 1 heteroatoms. The van der Waals surface area contributed by atoms with Crippen molar-refractivity contribution in [2.24, 2.45) is 23.7 Å². The molecule has 1 aromatic carbocycles. The molecule has 0 saturated heterocycles. The van der Waals surface area contributed by atoms with Crippen molar-refractivity contribution in [3.05, 3.63) is 29.8 Å². The molecule has 2 aliphatic carbocycles. The predicted molar refractivity (Wildman–Crippen MR) is 126 cm³/mol. The van der Waals surface area contributed by atoms with Gasteiger partial charge in [0.25, 0.3) is 0 Å². The van der Waals surface area contributed by atoms with Gasteiger partial charge in [0.1, 0.15) is 5.75 Å². The van der Waals surface area contributed by atoms with Crippen LogP contribution in [0.15, 0.2) is 24.3 Å². The van der Waals surface area contributed by atoms with Gasteiger partial charge in [-0.25, -0.2) is 0 Å².